The van der Waals surface area contributed by atoms with Crippen molar-refractivity contribution in [2.45, 2.75) is 25.8 Å². The predicted molar refractivity (Wildman–Crippen MR) is 55.2 cm³/mol. The smallest absolute Gasteiger partial charge is 0.227 e. The van der Waals surface area contributed by atoms with Crippen molar-refractivity contribution in [1.29, 1.82) is 0 Å². The van der Waals surface area contributed by atoms with Gasteiger partial charge in [0.2, 0.25) is 11.8 Å². The average molecular weight is 211 g/mol. The maximum absolute atomic E-state index is 11.9. The van der Waals surface area contributed by atoms with Gasteiger partial charge in [0, 0.05) is 19.5 Å². The highest BCUT2D eigenvalue weighted by atomic mass is 16.2. The first kappa shape index (κ1) is 10.4. The first-order valence-corrected chi connectivity index (χ1v) is 5.38. The van der Waals surface area contributed by atoms with Crippen molar-refractivity contribution in [1.82, 2.24) is 16.0 Å². The summed E-state index contributed by atoms with van der Waals surface area (Å²) in [6.45, 7) is 4.15. The molecule has 2 fully saturated rings. The number of carbonyl (C=O) groups excluding carboxylic acids is 2. The average Bonchev–Trinajstić information content (AvgIpc) is 2.76. The highest BCUT2D eigenvalue weighted by molar-refractivity contribution is 5.85. The second kappa shape index (κ2) is 3.81. The Morgan fingerprint density at radius 2 is 2.40 bits per heavy atom. The molecule has 2 amide bonds. The Balaban J connectivity index is 1.89. The summed E-state index contributed by atoms with van der Waals surface area (Å²) in [7, 11) is 0. The van der Waals surface area contributed by atoms with Gasteiger partial charge in [0.05, 0.1) is 11.5 Å². The van der Waals surface area contributed by atoms with E-state index in [1.807, 2.05) is 6.92 Å². The lowest BCUT2D eigenvalue weighted by molar-refractivity contribution is -0.129. The summed E-state index contributed by atoms with van der Waals surface area (Å²) < 4.78 is 0. The number of amides is 2. The molecule has 0 bridgehead atoms. The molecule has 15 heavy (non-hydrogen) atoms. The fraction of sp³-hybridized carbons (Fsp3) is 0.800. The van der Waals surface area contributed by atoms with E-state index in [4.69, 9.17) is 0 Å². The van der Waals surface area contributed by atoms with Gasteiger partial charge in [-0.1, -0.05) is 0 Å². The zero-order chi connectivity index (χ0) is 10.9. The van der Waals surface area contributed by atoms with E-state index in [1.165, 1.54) is 0 Å². The molecule has 2 atom stereocenters. The number of hydrogen-bond acceptors (Lipinski definition) is 3. The van der Waals surface area contributed by atoms with E-state index in [2.05, 4.69) is 16.0 Å². The molecule has 0 spiro atoms. The summed E-state index contributed by atoms with van der Waals surface area (Å²) in [5, 5.41) is 8.82. The normalized spacial score (nSPS) is 35.3. The van der Waals surface area contributed by atoms with Crippen LogP contribution in [0.25, 0.3) is 0 Å². The van der Waals surface area contributed by atoms with Crippen LogP contribution in [0, 0.1) is 5.41 Å². The topological polar surface area (TPSA) is 70.2 Å². The van der Waals surface area contributed by atoms with E-state index < -0.39 is 0 Å². The van der Waals surface area contributed by atoms with Crippen LogP contribution in [0.5, 0.6) is 0 Å². The highest BCUT2D eigenvalue weighted by Gasteiger charge is 2.37. The largest absolute Gasteiger partial charge is 0.354 e. The van der Waals surface area contributed by atoms with Crippen molar-refractivity contribution in [2.75, 3.05) is 19.6 Å². The van der Waals surface area contributed by atoms with Crippen molar-refractivity contribution in [3.8, 4) is 0 Å². The van der Waals surface area contributed by atoms with Crippen LogP contribution >= 0.6 is 0 Å². The Bertz CT molecular complexity index is 284. The van der Waals surface area contributed by atoms with Gasteiger partial charge in [-0.15, -0.1) is 0 Å². The Morgan fingerprint density at radius 1 is 1.60 bits per heavy atom. The molecule has 2 aliphatic rings. The Kier molecular flexibility index (Phi) is 2.65. The third-order valence-corrected chi connectivity index (χ3v) is 3.23. The molecule has 5 heteroatoms. The monoisotopic (exact) mass is 211 g/mol. The molecule has 5 nitrogen and oxygen atoms in total. The lowest BCUT2D eigenvalue weighted by Gasteiger charge is -2.23. The van der Waals surface area contributed by atoms with Crippen molar-refractivity contribution >= 4 is 11.8 Å². The van der Waals surface area contributed by atoms with Gasteiger partial charge in [-0.25, -0.2) is 0 Å². The number of nitrogens with one attached hydrogen (secondary N) is 3. The SMILES string of the molecule is CC1(C(=O)NC2CNC(=O)C2)CCNC1. The molecule has 0 aromatic heterocycles. The minimum absolute atomic E-state index is 0.0231. The zero-order valence-electron chi connectivity index (χ0n) is 8.93. The minimum Gasteiger partial charge on any atom is -0.354 e. The zero-order valence-corrected chi connectivity index (χ0v) is 8.93. The van der Waals surface area contributed by atoms with Gasteiger partial charge in [-0.2, -0.15) is 0 Å². The van der Waals surface area contributed by atoms with Gasteiger partial charge in [-0.3, -0.25) is 9.59 Å². The molecule has 3 N–H and O–H groups in total. The molecule has 2 unspecified atom stereocenters. The molecule has 0 aromatic rings. The molecular formula is C10H17N3O2. The fourth-order valence-electron chi connectivity index (χ4n) is 2.08. The van der Waals surface area contributed by atoms with Crippen molar-refractivity contribution < 1.29 is 9.59 Å². The first-order chi connectivity index (χ1) is 7.10. The van der Waals surface area contributed by atoms with Gasteiger partial charge in [0.15, 0.2) is 0 Å². The van der Waals surface area contributed by atoms with Crippen LogP contribution in [0.2, 0.25) is 0 Å². The van der Waals surface area contributed by atoms with Gasteiger partial charge in [0.25, 0.3) is 0 Å². The highest BCUT2D eigenvalue weighted by Crippen LogP contribution is 2.24. The number of rotatable bonds is 2. The Hall–Kier alpha value is -1.10. The van der Waals surface area contributed by atoms with Gasteiger partial charge in [-0.05, 0) is 19.9 Å². The minimum atomic E-state index is -0.300. The quantitative estimate of drug-likeness (QED) is 0.548. The predicted octanol–water partition coefficient (Wildman–Crippen LogP) is -1.01. The summed E-state index contributed by atoms with van der Waals surface area (Å²) >= 11 is 0. The lowest BCUT2D eigenvalue weighted by Crippen LogP contribution is -2.45. The summed E-state index contributed by atoms with van der Waals surface area (Å²) in [5.74, 6) is 0.0870. The van der Waals surface area contributed by atoms with Crippen LogP contribution in [0.15, 0.2) is 0 Å². The van der Waals surface area contributed by atoms with Crippen LogP contribution in [0.1, 0.15) is 19.8 Å². The van der Waals surface area contributed by atoms with Gasteiger partial charge in [0.1, 0.15) is 0 Å². The molecule has 0 radical (unpaired) electrons. The first-order valence-electron chi connectivity index (χ1n) is 5.38. The van der Waals surface area contributed by atoms with Crippen LogP contribution in [-0.2, 0) is 9.59 Å². The van der Waals surface area contributed by atoms with Crippen molar-refractivity contribution in [2.24, 2.45) is 5.41 Å². The third kappa shape index (κ3) is 2.12. The molecule has 0 saturated carbocycles. The molecule has 0 aromatic carbocycles. The molecule has 2 saturated heterocycles. The molecule has 2 heterocycles. The Morgan fingerprint density at radius 3 is 2.93 bits per heavy atom. The number of carbonyl (C=O) groups is 2. The van der Waals surface area contributed by atoms with E-state index in [1.54, 1.807) is 0 Å². The van der Waals surface area contributed by atoms with Crippen molar-refractivity contribution in [3.63, 3.8) is 0 Å². The molecule has 2 rings (SSSR count). The van der Waals surface area contributed by atoms with E-state index >= 15 is 0 Å². The van der Waals surface area contributed by atoms with Gasteiger partial charge >= 0.3 is 0 Å². The maximum Gasteiger partial charge on any atom is 0.227 e. The van der Waals surface area contributed by atoms with Crippen molar-refractivity contribution in [3.05, 3.63) is 0 Å². The fourth-order valence-corrected chi connectivity index (χ4v) is 2.08. The van der Waals surface area contributed by atoms with Crippen LogP contribution in [0.4, 0.5) is 0 Å². The maximum atomic E-state index is 11.9. The van der Waals surface area contributed by atoms with Crippen LogP contribution in [-0.4, -0.2) is 37.5 Å². The summed E-state index contributed by atoms with van der Waals surface area (Å²) in [4.78, 5) is 22.9. The van der Waals surface area contributed by atoms with Gasteiger partial charge < -0.3 is 16.0 Å². The summed E-state index contributed by atoms with van der Waals surface area (Å²) in [6, 6.07) is -0.0255. The Labute approximate surface area is 89.0 Å². The molecule has 2 aliphatic heterocycles. The summed E-state index contributed by atoms with van der Waals surface area (Å²) in [5.41, 5.74) is -0.300. The second-order valence-corrected chi connectivity index (χ2v) is 4.67. The van der Waals surface area contributed by atoms with E-state index in [0.29, 0.717) is 13.0 Å². The molecule has 0 aliphatic carbocycles. The van der Waals surface area contributed by atoms with Crippen LogP contribution < -0.4 is 16.0 Å². The second-order valence-electron chi connectivity index (χ2n) is 4.67. The van der Waals surface area contributed by atoms with E-state index in [0.717, 1.165) is 19.5 Å². The number of hydrogen-bond donors (Lipinski definition) is 3. The lowest BCUT2D eigenvalue weighted by atomic mass is 9.88. The standard InChI is InChI=1S/C10H17N3O2/c1-10(2-3-11-6-10)9(15)13-7-4-8(14)12-5-7/h7,11H,2-6H2,1H3,(H,12,14)(H,13,15). The van der Waals surface area contributed by atoms with E-state index in [9.17, 15) is 9.59 Å². The molecular weight excluding hydrogens is 194 g/mol. The summed E-state index contributed by atoms with van der Waals surface area (Å²) in [6.07, 6.45) is 1.28. The van der Waals surface area contributed by atoms with Crippen LogP contribution in [0.3, 0.4) is 0 Å². The van der Waals surface area contributed by atoms with E-state index in [-0.39, 0.29) is 23.3 Å². The molecule has 84 valence electrons. The third-order valence-electron chi connectivity index (χ3n) is 3.23.